The summed E-state index contributed by atoms with van der Waals surface area (Å²) in [7, 11) is 0. The Kier molecular flexibility index (Phi) is 3.69. The van der Waals surface area contributed by atoms with Crippen LogP contribution >= 0.6 is 0 Å². The molecule has 0 aromatic heterocycles. The van der Waals surface area contributed by atoms with Crippen LogP contribution in [0.5, 0.6) is 0 Å². The second kappa shape index (κ2) is 4.97. The van der Waals surface area contributed by atoms with E-state index >= 15 is 0 Å². The third-order valence-electron chi connectivity index (χ3n) is 3.30. The molecule has 1 atom stereocenters. The fraction of sp³-hybridized carbons (Fsp3) is 0.818. The molecule has 1 N–H and O–H groups in total. The molecule has 2 fully saturated rings. The molecule has 0 radical (unpaired) electrons. The van der Waals surface area contributed by atoms with Gasteiger partial charge in [0.15, 0.2) is 0 Å². The van der Waals surface area contributed by atoms with Gasteiger partial charge in [-0.1, -0.05) is 0 Å². The molecule has 0 aromatic carbocycles. The van der Waals surface area contributed by atoms with Crippen molar-refractivity contribution in [1.29, 1.82) is 0 Å². The van der Waals surface area contributed by atoms with Crippen LogP contribution < -0.4 is 5.32 Å². The Bertz CT molecular complexity index is 385. The first kappa shape index (κ1) is 14.1. The van der Waals surface area contributed by atoms with E-state index < -0.39 is 30.2 Å². The molecular weight excluding hydrogens is 268 g/mol. The second-order valence-corrected chi connectivity index (χ2v) is 4.86. The van der Waals surface area contributed by atoms with Crippen LogP contribution in [0.25, 0.3) is 0 Å². The Morgan fingerprint density at radius 1 is 1.21 bits per heavy atom. The molecule has 1 aliphatic heterocycles. The van der Waals surface area contributed by atoms with Crippen LogP contribution in [0.15, 0.2) is 0 Å². The molecular formula is C11H14F4N2O2. The predicted octanol–water partition coefficient (Wildman–Crippen LogP) is 1.16. The number of hydrogen-bond donors (Lipinski definition) is 1. The molecule has 2 amide bonds. The normalized spacial score (nSPS) is 23.8. The van der Waals surface area contributed by atoms with Gasteiger partial charge < -0.3 is 10.2 Å². The summed E-state index contributed by atoms with van der Waals surface area (Å²) in [5, 5.41) is 2.60. The molecule has 1 unspecified atom stereocenters. The third kappa shape index (κ3) is 2.82. The number of nitrogens with zero attached hydrogens (tertiary/aromatic N) is 1. The highest BCUT2D eigenvalue weighted by Gasteiger charge is 2.54. The minimum atomic E-state index is -4.73. The Morgan fingerprint density at radius 2 is 1.84 bits per heavy atom. The summed E-state index contributed by atoms with van der Waals surface area (Å²) in [6.45, 7) is -0.0934. The average Bonchev–Trinajstić information content (AvgIpc) is 3.01. The molecule has 1 saturated carbocycles. The summed E-state index contributed by atoms with van der Waals surface area (Å²) in [6.07, 6.45) is -1.84. The summed E-state index contributed by atoms with van der Waals surface area (Å²) < 4.78 is 50.4. The summed E-state index contributed by atoms with van der Waals surface area (Å²) in [5.74, 6) is -7.23. The van der Waals surface area contributed by atoms with Crippen molar-refractivity contribution in [2.24, 2.45) is 0 Å². The van der Waals surface area contributed by atoms with Crippen molar-refractivity contribution >= 4 is 11.8 Å². The van der Waals surface area contributed by atoms with Crippen molar-refractivity contribution in [2.75, 3.05) is 6.54 Å². The Hall–Kier alpha value is -1.34. The molecule has 1 aliphatic carbocycles. The summed E-state index contributed by atoms with van der Waals surface area (Å²) in [6, 6.07) is -1.03. The number of rotatable bonds is 4. The number of likely N-dealkylation sites (tertiary alicyclic amines) is 1. The molecule has 2 rings (SSSR count). The van der Waals surface area contributed by atoms with Crippen LogP contribution in [0, 0.1) is 0 Å². The molecule has 2 aliphatic rings. The maximum absolute atomic E-state index is 13.0. The zero-order chi connectivity index (χ0) is 14.2. The first-order valence-electron chi connectivity index (χ1n) is 6.11. The van der Waals surface area contributed by atoms with Crippen LogP contribution in [-0.4, -0.2) is 47.7 Å². The maximum Gasteiger partial charge on any atom is 0.383 e. The van der Waals surface area contributed by atoms with Crippen molar-refractivity contribution in [3.63, 3.8) is 0 Å². The lowest BCUT2D eigenvalue weighted by Crippen LogP contribution is -2.53. The van der Waals surface area contributed by atoms with Gasteiger partial charge in [0.1, 0.15) is 6.04 Å². The van der Waals surface area contributed by atoms with Gasteiger partial charge >= 0.3 is 12.3 Å². The lowest BCUT2D eigenvalue weighted by Gasteiger charge is -2.27. The summed E-state index contributed by atoms with van der Waals surface area (Å²) in [4.78, 5) is 23.8. The molecule has 0 bridgehead atoms. The molecule has 1 heterocycles. The minimum absolute atomic E-state index is 0.0284. The van der Waals surface area contributed by atoms with Crippen molar-refractivity contribution < 1.29 is 27.2 Å². The van der Waals surface area contributed by atoms with Crippen molar-refractivity contribution in [2.45, 2.75) is 50.1 Å². The van der Waals surface area contributed by atoms with E-state index in [1.807, 2.05) is 0 Å². The van der Waals surface area contributed by atoms with Crippen LogP contribution in [0.1, 0.15) is 25.7 Å². The first-order valence-corrected chi connectivity index (χ1v) is 6.11. The molecule has 0 spiro atoms. The van der Waals surface area contributed by atoms with Crippen LogP contribution in [0.3, 0.4) is 0 Å². The van der Waals surface area contributed by atoms with E-state index in [1.165, 1.54) is 0 Å². The number of nitrogens with one attached hydrogen (secondary N) is 1. The standard InChI is InChI=1S/C11H14F4N2O2/c12-9(13)11(14,15)10(19)17-5-1-2-7(17)8(18)16-6-3-4-6/h6-7,9H,1-5H2,(H,16,18). The highest BCUT2D eigenvalue weighted by atomic mass is 19.3. The van der Waals surface area contributed by atoms with Gasteiger partial charge in [-0.3, -0.25) is 9.59 Å². The molecule has 1 saturated heterocycles. The van der Waals surface area contributed by atoms with Gasteiger partial charge in [0.25, 0.3) is 5.91 Å². The van der Waals surface area contributed by atoms with E-state index in [9.17, 15) is 27.2 Å². The molecule has 108 valence electrons. The van der Waals surface area contributed by atoms with Gasteiger partial charge in [-0.2, -0.15) is 8.78 Å². The fourth-order valence-corrected chi connectivity index (χ4v) is 2.09. The predicted molar refractivity (Wildman–Crippen MR) is 56.9 cm³/mol. The van der Waals surface area contributed by atoms with Gasteiger partial charge in [-0.25, -0.2) is 8.78 Å². The minimum Gasteiger partial charge on any atom is -0.352 e. The van der Waals surface area contributed by atoms with E-state index in [4.69, 9.17) is 0 Å². The van der Waals surface area contributed by atoms with Crippen molar-refractivity contribution in [3.05, 3.63) is 0 Å². The van der Waals surface area contributed by atoms with E-state index in [0.29, 0.717) is 11.3 Å². The van der Waals surface area contributed by atoms with Crippen LogP contribution in [0.2, 0.25) is 0 Å². The lowest BCUT2D eigenvalue weighted by atomic mass is 10.2. The van der Waals surface area contributed by atoms with Crippen molar-refractivity contribution in [3.8, 4) is 0 Å². The van der Waals surface area contributed by atoms with Gasteiger partial charge in [-0.15, -0.1) is 0 Å². The van der Waals surface area contributed by atoms with E-state index in [-0.39, 0.29) is 19.0 Å². The number of carbonyl (C=O) groups excluding carboxylic acids is 2. The Morgan fingerprint density at radius 3 is 2.37 bits per heavy atom. The Labute approximate surface area is 107 Å². The second-order valence-electron chi connectivity index (χ2n) is 4.86. The van der Waals surface area contributed by atoms with Crippen LogP contribution in [0.4, 0.5) is 17.6 Å². The molecule has 4 nitrogen and oxygen atoms in total. The largest absolute Gasteiger partial charge is 0.383 e. The smallest absolute Gasteiger partial charge is 0.352 e. The highest BCUT2D eigenvalue weighted by molar-refractivity contribution is 5.91. The average molecular weight is 282 g/mol. The number of amides is 2. The number of carbonyl (C=O) groups is 2. The van der Waals surface area contributed by atoms with Gasteiger partial charge in [0.05, 0.1) is 0 Å². The van der Waals surface area contributed by atoms with Gasteiger partial charge in [-0.05, 0) is 25.7 Å². The fourth-order valence-electron chi connectivity index (χ4n) is 2.09. The summed E-state index contributed by atoms with van der Waals surface area (Å²) >= 11 is 0. The number of alkyl halides is 4. The summed E-state index contributed by atoms with van der Waals surface area (Å²) in [5.41, 5.74) is 0. The quantitative estimate of drug-likeness (QED) is 0.787. The van der Waals surface area contributed by atoms with E-state index in [1.54, 1.807) is 0 Å². The SMILES string of the molecule is O=C(NC1CC1)C1CCCN1C(=O)C(F)(F)C(F)F. The van der Waals surface area contributed by atoms with Gasteiger partial charge in [0.2, 0.25) is 5.91 Å². The van der Waals surface area contributed by atoms with E-state index in [0.717, 1.165) is 12.8 Å². The number of halogens is 4. The molecule has 19 heavy (non-hydrogen) atoms. The van der Waals surface area contributed by atoms with Crippen molar-refractivity contribution in [1.82, 2.24) is 10.2 Å². The monoisotopic (exact) mass is 282 g/mol. The molecule has 8 heteroatoms. The topological polar surface area (TPSA) is 49.4 Å². The maximum atomic E-state index is 13.0. The Balaban J connectivity index is 2.05. The lowest BCUT2D eigenvalue weighted by molar-refractivity contribution is -0.182. The third-order valence-corrected chi connectivity index (χ3v) is 3.30. The van der Waals surface area contributed by atoms with Gasteiger partial charge in [0, 0.05) is 12.6 Å². The zero-order valence-electron chi connectivity index (χ0n) is 10.0. The number of hydrogen-bond acceptors (Lipinski definition) is 2. The van der Waals surface area contributed by atoms with Crippen LogP contribution in [-0.2, 0) is 9.59 Å². The first-order chi connectivity index (χ1) is 8.84. The zero-order valence-corrected chi connectivity index (χ0v) is 10.0. The molecule has 0 aromatic rings. The highest BCUT2D eigenvalue weighted by Crippen LogP contribution is 2.30. The van der Waals surface area contributed by atoms with E-state index in [2.05, 4.69) is 5.32 Å².